The molecule has 3 nitrogen and oxygen atoms in total. The highest BCUT2D eigenvalue weighted by Gasteiger charge is 2.08. The molecule has 4 N–H and O–H groups in total. The summed E-state index contributed by atoms with van der Waals surface area (Å²) in [5.41, 5.74) is 7.75. The van der Waals surface area contributed by atoms with Crippen molar-refractivity contribution >= 4 is 27.5 Å². The van der Waals surface area contributed by atoms with Crippen molar-refractivity contribution in [2.75, 3.05) is 5.73 Å². The molecular weight excluding hydrogens is 188 g/mol. The van der Waals surface area contributed by atoms with Gasteiger partial charge in [0.15, 0.2) is 5.75 Å². The molecule has 0 saturated heterocycles. The van der Waals surface area contributed by atoms with Crippen LogP contribution in [0.1, 0.15) is 0 Å². The lowest BCUT2D eigenvalue weighted by atomic mass is 10.1. The number of nitrogens with one attached hydrogen (secondary N) is 1. The molecule has 1 aromatic heterocycles. The van der Waals surface area contributed by atoms with Crippen LogP contribution in [0.4, 0.5) is 5.69 Å². The average molecular weight is 198 g/mol. The predicted octanol–water partition coefficient (Wildman–Crippen LogP) is 2.61. The first kappa shape index (κ1) is 8.17. The van der Waals surface area contributed by atoms with E-state index in [4.69, 9.17) is 5.73 Å². The smallest absolute Gasteiger partial charge is 0.162 e. The molecule has 0 aliphatic heterocycles. The van der Waals surface area contributed by atoms with Gasteiger partial charge >= 0.3 is 0 Å². The fourth-order valence-electron chi connectivity index (χ4n) is 1.92. The maximum absolute atomic E-state index is 9.80. The van der Waals surface area contributed by atoms with Gasteiger partial charge in [0.25, 0.3) is 0 Å². The zero-order chi connectivity index (χ0) is 10.4. The van der Waals surface area contributed by atoms with Crippen LogP contribution >= 0.6 is 0 Å². The molecule has 0 radical (unpaired) electrons. The molecule has 3 aromatic rings. The number of anilines is 1. The fraction of sp³-hybridized carbons (Fsp3) is 0. The third-order valence-corrected chi connectivity index (χ3v) is 2.69. The second-order valence-electron chi connectivity index (χ2n) is 3.60. The minimum Gasteiger partial charge on any atom is -0.504 e. The maximum atomic E-state index is 9.80. The van der Waals surface area contributed by atoms with E-state index in [1.807, 2.05) is 30.3 Å². The number of nitrogen functional groups attached to an aromatic ring is 1. The van der Waals surface area contributed by atoms with Crippen LogP contribution in [0.3, 0.4) is 0 Å². The Morgan fingerprint density at radius 1 is 1.00 bits per heavy atom. The molecule has 3 rings (SSSR count). The van der Waals surface area contributed by atoms with Crippen LogP contribution in [0.5, 0.6) is 5.75 Å². The molecule has 3 heteroatoms. The zero-order valence-electron chi connectivity index (χ0n) is 7.99. The fourth-order valence-corrected chi connectivity index (χ4v) is 1.92. The van der Waals surface area contributed by atoms with Gasteiger partial charge in [0.2, 0.25) is 0 Å². The number of aromatic nitrogens is 1. The van der Waals surface area contributed by atoms with Crippen LogP contribution < -0.4 is 5.73 Å². The number of para-hydroxylation sites is 1. The lowest BCUT2D eigenvalue weighted by Gasteiger charge is -1.98. The largest absolute Gasteiger partial charge is 0.504 e. The Kier molecular flexibility index (Phi) is 1.45. The molecule has 1 heterocycles. The molecular formula is C12H10N2O. The van der Waals surface area contributed by atoms with E-state index in [-0.39, 0.29) is 5.75 Å². The lowest BCUT2D eigenvalue weighted by Crippen LogP contribution is -1.84. The van der Waals surface area contributed by atoms with Crippen molar-refractivity contribution in [2.45, 2.75) is 0 Å². The summed E-state index contributed by atoms with van der Waals surface area (Å²) in [6, 6.07) is 11.6. The van der Waals surface area contributed by atoms with Crippen LogP contribution in [-0.2, 0) is 0 Å². The Bertz CT molecular complexity index is 655. The van der Waals surface area contributed by atoms with Crippen molar-refractivity contribution < 1.29 is 5.11 Å². The molecule has 0 atom stereocenters. The lowest BCUT2D eigenvalue weighted by molar-refractivity contribution is 0.483. The maximum Gasteiger partial charge on any atom is 0.162 e. The Morgan fingerprint density at radius 3 is 2.67 bits per heavy atom. The Labute approximate surface area is 86.1 Å². The summed E-state index contributed by atoms with van der Waals surface area (Å²) >= 11 is 0. The number of phenols is 1. The highest BCUT2D eigenvalue weighted by molar-refractivity contribution is 6.10. The Hall–Kier alpha value is -2.16. The van der Waals surface area contributed by atoms with Crippen LogP contribution in [0.25, 0.3) is 21.8 Å². The number of hydrogen-bond acceptors (Lipinski definition) is 2. The van der Waals surface area contributed by atoms with E-state index in [0.717, 1.165) is 16.3 Å². The SMILES string of the molecule is Nc1ccc2c([nH]c3ccccc32)c1O. The highest BCUT2D eigenvalue weighted by Crippen LogP contribution is 2.34. The summed E-state index contributed by atoms with van der Waals surface area (Å²) in [4.78, 5) is 3.16. The topological polar surface area (TPSA) is 62.0 Å². The Morgan fingerprint density at radius 2 is 1.80 bits per heavy atom. The monoisotopic (exact) mass is 198 g/mol. The summed E-state index contributed by atoms with van der Waals surface area (Å²) in [6.07, 6.45) is 0. The van der Waals surface area contributed by atoms with Crippen LogP contribution in [0.2, 0.25) is 0 Å². The highest BCUT2D eigenvalue weighted by atomic mass is 16.3. The first-order valence-electron chi connectivity index (χ1n) is 4.75. The van der Waals surface area contributed by atoms with Crippen LogP contribution in [0, 0.1) is 0 Å². The van der Waals surface area contributed by atoms with Crippen molar-refractivity contribution in [3.05, 3.63) is 36.4 Å². The van der Waals surface area contributed by atoms with Gasteiger partial charge in [0.05, 0.1) is 11.2 Å². The standard InChI is InChI=1S/C12H10N2O/c13-9-6-5-8-7-3-1-2-4-10(7)14-11(8)12(9)15/h1-6,14-15H,13H2. The molecule has 0 spiro atoms. The van der Waals surface area contributed by atoms with Gasteiger partial charge in [-0.05, 0) is 18.2 Å². The predicted molar refractivity (Wildman–Crippen MR) is 61.9 cm³/mol. The summed E-state index contributed by atoms with van der Waals surface area (Å²) in [5, 5.41) is 11.9. The molecule has 0 aliphatic carbocycles. The molecule has 0 fully saturated rings. The second kappa shape index (κ2) is 2.67. The van der Waals surface area contributed by atoms with Gasteiger partial charge < -0.3 is 15.8 Å². The van der Waals surface area contributed by atoms with Crippen LogP contribution in [0.15, 0.2) is 36.4 Å². The molecule has 2 aromatic carbocycles. The number of nitrogens with two attached hydrogens (primary N) is 1. The molecule has 0 saturated carbocycles. The molecule has 0 amide bonds. The summed E-state index contributed by atoms with van der Waals surface area (Å²) in [5.74, 6) is 0.128. The van der Waals surface area contributed by atoms with E-state index in [2.05, 4.69) is 4.98 Å². The number of fused-ring (bicyclic) bond motifs is 3. The zero-order valence-corrected chi connectivity index (χ0v) is 7.99. The van der Waals surface area contributed by atoms with Crippen molar-refractivity contribution in [1.29, 1.82) is 0 Å². The Balaban J connectivity index is 2.60. The number of rotatable bonds is 0. The van der Waals surface area contributed by atoms with Gasteiger partial charge in [-0.3, -0.25) is 0 Å². The van der Waals surface area contributed by atoms with Gasteiger partial charge in [0.1, 0.15) is 0 Å². The number of phenolic OH excluding ortho intramolecular Hbond substituents is 1. The number of hydrogen-bond donors (Lipinski definition) is 3. The van der Waals surface area contributed by atoms with E-state index in [0.29, 0.717) is 11.2 Å². The summed E-state index contributed by atoms with van der Waals surface area (Å²) in [6.45, 7) is 0. The van der Waals surface area contributed by atoms with Crippen molar-refractivity contribution in [3.63, 3.8) is 0 Å². The molecule has 74 valence electrons. The van der Waals surface area contributed by atoms with E-state index in [9.17, 15) is 5.11 Å². The summed E-state index contributed by atoms with van der Waals surface area (Å²) < 4.78 is 0. The third kappa shape index (κ3) is 1.00. The second-order valence-corrected chi connectivity index (χ2v) is 3.60. The van der Waals surface area contributed by atoms with Gasteiger partial charge in [-0.15, -0.1) is 0 Å². The number of aromatic amines is 1. The minimum atomic E-state index is 0.128. The molecule has 0 unspecified atom stereocenters. The van der Waals surface area contributed by atoms with Crippen LogP contribution in [-0.4, -0.2) is 10.1 Å². The van der Waals surface area contributed by atoms with E-state index >= 15 is 0 Å². The number of aromatic hydroxyl groups is 1. The van der Waals surface area contributed by atoms with Crippen molar-refractivity contribution in [3.8, 4) is 5.75 Å². The minimum absolute atomic E-state index is 0.128. The quantitative estimate of drug-likeness (QED) is 0.384. The number of benzene rings is 2. The molecule has 0 bridgehead atoms. The van der Waals surface area contributed by atoms with Crippen molar-refractivity contribution in [2.24, 2.45) is 0 Å². The van der Waals surface area contributed by atoms with Gasteiger partial charge in [-0.25, -0.2) is 0 Å². The van der Waals surface area contributed by atoms with E-state index in [1.54, 1.807) is 6.07 Å². The first-order valence-corrected chi connectivity index (χ1v) is 4.75. The normalized spacial score (nSPS) is 11.2. The third-order valence-electron chi connectivity index (χ3n) is 2.69. The van der Waals surface area contributed by atoms with E-state index in [1.165, 1.54) is 0 Å². The summed E-state index contributed by atoms with van der Waals surface area (Å²) in [7, 11) is 0. The average Bonchev–Trinajstić information content (AvgIpc) is 2.63. The molecule has 15 heavy (non-hydrogen) atoms. The van der Waals surface area contributed by atoms with Gasteiger partial charge in [-0.1, -0.05) is 18.2 Å². The molecule has 0 aliphatic rings. The van der Waals surface area contributed by atoms with Gasteiger partial charge in [-0.2, -0.15) is 0 Å². The van der Waals surface area contributed by atoms with Crippen molar-refractivity contribution in [1.82, 2.24) is 4.98 Å². The number of H-pyrrole nitrogens is 1. The van der Waals surface area contributed by atoms with E-state index < -0.39 is 0 Å². The first-order chi connectivity index (χ1) is 7.27. The van der Waals surface area contributed by atoms with Gasteiger partial charge in [0, 0.05) is 16.3 Å².